The predicted molar refractivity (Wildman–Crippen MR) is 92.0 cm³/mol. The summed E-state index contributed by atoms with van der Waals surface area (Å²) in [5.41, 5.74) is 3.19. The van der Waals surface area contributed by atoms with Crippen molar-refractivity contribution in [3.8, 4) is 11.5 Å². The molecule has 0 saturated carbocycles. The van der Waals surface area contributed by atoms with Gasteiger partial charge in [0.15, 0.2) is 0 Å². The number of carbonyl (C=O) groups excluding carboxylic acids is 1. The van der Waals surface area contributed by atoms with Crippen molar-refractivity contribution < 1.29 is 24.1 Å². The van der Waals surface area contributed by atoms with E-state index in [-0.39, 0.29) is 6.61 Å². The Labute approximate surface area is 143 Å². The number of hydrogen-bond acceptors (Lipinski definition) is 5. The van der Waals surface area contributed by atoms with Crippen LogP contribution in [0.2, 0.25) is 0 Å². The van der Waals surface area contributed by atoms with Gasteiger partial charge < -0.3 is 19.3 Å². The van der Waals surface area contributed by atoms with Crippen LogP contribution in [0.5, 0.6) is 11.5 Å². The van der Waals surface area contributed by atoms with Crippen LogP contribution in [-0.4, -0.2) is 30.1 Å². The van der Waals surface area contributed by atoms with E-state index < -0.39 is 11.8 Å². The normalized spacial score (nSPS) is 19.4. The van der Waals surface area contributed by atoms with Gasteiger partial charge in [-0.2, -0.15) is 0 Å². The molecular formula is C19H28O5. The molecule has 1 N–H and O–H groups in total. The van der Waals surface area contributed by atoms with E-state index in [1.165, 1.54) is 0 Å². The Balaban J connectivity index is 2.29. The maximum absolute atomic E-state index is 11.9. The van der Waals surface area contributed by atoms with Crippen molar-refractivity contribution in [3.63, 3.8) is 0 Å². The Morgan fingerprint density at radius 2 is 1.96 bits per heavy atom. The molecule has 1 aliphatic rings. The monoisotopic (exact) mass is 336 g/mol. The average Bonchev–Trinajstić information content (AvgIpc) is 2.57. The number of unbranched alkanes of at least 4 members (excludes halogenated alkanes) is 1. The van der Waals surface area contributed by atoms with Crippen molar-refractivity contribution in [1.82, 2.24) is 0 Å². The number of benzene rings is 1. The van der Waals surface area contributed by atoms with E-state index in [0.717, 1.165) is 53.7 Å². The molecule has 1 aliphatic heterocycles. The topological polar surface area (TPSA) is 65.0 Å². The molecule has 1 heterocycles. The molecule has 0 fully saturated rings. The van der Waals surface area contributed by atoms with Crippen molar-refractivity contribution in [3.05, 3.63) is 22.3 Å². The van der Waals surface area contributed by atoms with Gasteiger partial charge in [-0.05, 0) is 63.6 Å². The molecule has 0 radical (unpaired) electrons. The van der Waals surface area contributed by atoms with Gasteiger partial charge in [0.05, 0.1) is 13.2 Å². The van der Waals surface area contributed by atoms with E-state index >= 15 is 0 Å². The molecule has 0 bridgehead atoms. The van der Waals surface area contributed by atoms with Gasteiger partial charge in [-0.15, -0.1) is 0 Å². The second kappa shape index (κ2) is 7.43. The van der Waals surface area contributed by atoms with E-state index in [9.17, 15) is 9.90 Å². The number of fused-ring (bicyclic) bond motifs is 1. The standard InChI is InChI=1S/C19H28O5/c1-6-7-10-22-18(21)23-16-12(2)13(3)17-15(14(16)4)8-9-19(5,11-20)24-17/h20H,6-11H2,1-5H3. The third-order valence-electron chi connectivity index (χ3n) is 4.80. The summed E-state index contributed by atoms with van der Waals surface area (Å²) >= 11 is 0. The smallest absolute Gasteiger partial charge is 0.485 e. The van der Waals surface area contributed by atoms with Crippen LogP contribution in [-0.2, 0) is 11.2 Å². The number of hydrogen-bond donors (Lipinski definition) is 1. The second-order valence-corrected chi connectivity index (χ2v) is 6.78. The Kier molecular flexibility index (Phi) is 5.75. The van der Waals surface area contributed by atoms with Gasteiger partial charge in [-0.1, -0.05) is 13.3 Å². The van der Waals surface area contributed by atoms with E-state index in [1.54, 1.807) is 0 Å². The predicted octanol–water partition coefficient (Wildman–Crippen LogP) is 4.00. The van der Waals surface area contributed by atoms with Gasteiger partial charge in [-0.3, -0.25) is 0 Å². The first-order valence-electron chi connectivity index (χ1n) is 8.60. The Bertz CT molecular complexity index is 623. The molecular weight excluding hydrogens is 308 g/mol. The van der Waals surface area contributed by atoms with Crippen LogP contribution in [0.1, 0.15) is 55.4 Å². The summed E-state index contributed by atoms with van der Waals surface area (Å²) in [6.45, 7) is 10.1. The van der Waals surface area contributed by atoms with Gasteiger partial charge >= 0.3 is 6.16 Å². The van der Waals surface area contributed by atoms with E-state index in [0.29, 0.717) is 12.4 Å². The first-order chi connectivity index (χ1) is 11.3. The SMILES string of the molecule is CCCCOC(=O)Oc1c(C)c(C)c2c(c1C)CCC(C)(CO)O2. The van der Waals surface area contributed by atoms with E-state index in [1.807, 2.05) is 34.6 Å². The van der Waals surface area contributed by atoms with Crippen LogP contribution in [0.25, 0.3) is 0 Å². The van der Waals surface area contributed by atoms with Crippen LogP contribution in [0.4, 0.5) is 4.79 Å². The average molecular weight is 336 g/mol. The van der Waals surface area contributed by atoms with Crippen molar-refractivity contribution >= 4 is 6.16 Å². The quantitative estimate of drug-likeness (QED) is 0.500. The van der Waals surface area contributed by atoms with Gasteiger partial charge in [-0.25, -0.2) is 4.79 Å². The Morgan fingerprint density at radius 3 is 2.58 bits per heavy atom. The molecule has 0 saturated heterocycles. The summed E-state index contributed by atoms with van der Waals surface area (Å²) in [5, 5.41) is 9.57. The lowest BCUT2D eigenvalue weighted by Crippen LogP contribution is -2.40. The molecule has 5 nitrogen and oxygen atoms in total. The third kappa shape index (κ3) is 3.66. The highest BCUT2D eigenvalue weighted by atomic mass is 16.7. The molecule has 1 unspecified atom stereocenters. The number of aliphatic hydroxyl groups is 1. The minimum absolute atomic E-state index is 0.0218. The van der Waals surface area contributed by atoms with Gasteiger partial charge in [0.25, 0.3) is 0 Å². The zero-order valence-corrected chi connectivity index (χ0v) is 15.3. The molecule has 0 aliphatic carbocycles. The molecule has 1 aromatic carbocycles. The van der Waals surface area contributed by atoms with Crippen LogP contribution in [0, 0.1) is 20.8 Å². The number of carbonyl (C=O) groups is 1. The summed E-state index contributed by atoms with van der Waals surface area (Å²) in [5.74, 6) is 1.36. The molecule has 2 rings (SSSR count). The molecule has 1 aromatic rings. The van der Waals surface area contributed by atoms with Crippen molar-refractivity contribution in [2.45, 2.75) is 65.9 Å². The molecule has 0 amide bonds. The van der Waals surface area contributed by atoms with Gasteiger partial charge in [0, 0.05) is 5.56 Å². The maximum Gasteiger partial charge on any atom is 0.513 e. The van der Waals surface area contributed by atoms with Gasteiger partial charge in [0.2, 0.25) is 0 Å². The summed E-state index contributed by atoms with van der Waals surface area (Å²) in [6, 6.07) is 0. The number of aliphatic hydroxyl groups excluding tert-OH is 1. The second-order valence-electron chi connectivity index (χ2n) is 6.78. The molecule has 0 aromatic heterocycles. The highest BCUT2D eigenvalue weighted by Crippen LogP contribution is 2.43. The van der Waals surface area contributed by atoms with Crippen molar-refractivity contribution in [2.24, 2.45) is 0 Å². The highest BCUT2D eigenvalue weighted by molar-refractivity contribution is 5.68. The first-order valence-corrected chi connectivity index (χ1v) is 8.60. The summed E-state index contributed by atoms with van der Waals surface area (Å²) in [4.78, 5) is 11.9. The lowest BCUT2D eigenvalue weighted by molar-refractivity contribution is 0.00715. The minimum atomic E-state index is -0.661. The Hall–Kier alpha value is -1.75. The Morgan fingerprint density at radius 1 is 1.25 bits per heavy atom. The first kappa shape index (κ1) is 18.6. The molecule has 1 atom stereocenters. The fourth-order valence-electron chi connectivity index (χ4n) is 2.96. The zero-order valence-electron chi connectivity index (χ0n) is 15.3. The summed E-state index contributed by atoms with van der Waals surface area (Å²) in [6.07, 6.45) is 2.63. The third-order valence-corrected chi connectivity index (χ3v) is 4.80. The molecule has 5 heteroatoms. The summed E-state index contributed by atoms with van der Waals surface area (Å²) in [7, 11) is 0. The van der Waals surface area contributed by atoms with Crippen molar-refractivity contribution in [1.29, 1.82) is 0 Å². The fourth-order valence-corrected chi connectivity index (χ4v) is 2.96. The minimum Gasteiger partial charge on any atom is -0.485 e. The van der Waals surface area contributed by atoms with Crippen LogP contribution >= 0.6 is 0 Å². The lowest BCUT2D eigenvalue weighted by atomic mass is 9.87. The fraction of sp³-hybridized carbons (Fsp3) is 0.632. The largest absolute Gasteiger partial charge is 0.513 e. The van der Waals surface area contributed by atoms with Crippen LogP contribution in [0.3, 0.4) is 0 Å². The van der Waals surface area contributed by atoms with Gasteiger partial charge in [0.1, 0.15) is 17.1 Å². The van der Waals surface area contributed by atoms with Crippen LogP contribution < -0.4 is 9.47 Å². The van der Waals surface area contributed by atoms with E-state index in [4.69, 9.17) is 14.2 Å². The maximum atomic E-state index is 11.9. The summed E-state index contributed by atoms with van der Waals surface area (Å²) < 4.78 is 16.7. The molecule has 134 valence electrons. The molecule has 24 heavy (non-hydrogen) atoms. The molecule has 0 spiro atoms. The highest BCUT2D eigenvalue weighted by Gasteiger charge is 2.34. The van der Waals surface area contributed by atoms with Crippen molar-refractivity contribution in [2.75, 3.05) is 13.2 Å². The van der Waals surface area contributed by atoms with E-state index in [2.05, 4.69) is 0 Å². The zero-order chi connectivity index (χ0) is 17.9. The lowest BCUT2D eigenvalue weighted by Gasteiger charge is -2.36. The van der Waals surface area contributed by atoms with Crippen LogP contribution in [0.15, 0.2) is 0 Å². The number of ether oxygens (including phenoxy) is 3. The number of rotatable bonds is 5.